The van der Waals surface area contributed by atoms with Gasteiger partial charge in [-0.25, -0.2) is 0 Å². The van der Waals surface area contributed by atoms with E-state index >= 15 is 0 Å². The van der Waals surface area contributed by atoms with Crippen LogP contribution in [0.5, 0.6) is 11.5 Å². The predicted molar refractivity (Wildman–Crippen MR) is 62.9 cm³/mol. The number of phenolic OH excluding ortho intramolecular Hbond substituents is 1. The molecule has 1 unspecified atom stereocenters. The van der Waals surface area contributed by atoms with Gasteiger partial charge in [0.05, 0.1) is 0 Å². The van der Waals surface area contributed by atoms with Crippen molar-refractivity contribution in [3.8, 4) is 11.5 Å². The average Bonchev–Trinajstić information content (AvgIpc) is 2.28. The Bertz CT molecular complexity index is 367. The number of hydrogen-bond acceptors (Lipinski definition) is 4. The Kier molecular flexibility index (Phi) is 5.29. The van der Waals surface area contributed by atoms with Crippen LogP contribution in [0.2, 0.25) is 0 Å². The first-order valence-corrected chi connectivity index (χ1v) is 5.44. The number of phenols is 1. The molecule has 0 saturated heterocycles. The fraction of sp³-hybridized carbons (Fsp3) is 0.417. The number of amides is 1. The van der Waals surface area contributed by atoms with Crippen molar-refractivity contribution in [1.29, 1.82) is 0 Å². The minimum absolute atomic E-state index is 0.00343. The van der Waals surface area contributed by atoms with Crippen LogP contribution in [0.1, 0.15) is 13.3 Å². The van der Waals surface area contributed by atoms with Crippen LogP contribution in [0.25, 0.3) is 0 Å². The number of benzene rings is 1. The molecule has 0 aliphatic carbocycles. The van der Waals surface area contributed by atoms with Crippen molar-refractivity contribution in [2.24, 2.45) is 0 Å². The number of para-hydroxylation sites is 2. The first-order chi connectivity index (χ1) is 8.13. The van der Waals surface area contributed by atoms with Gasteiger partial charge >= 0.3 is 0 Å². The number of carbonyl (C=O) groups is 1. The third kappa shape index (κ3) is 4.74. The highest BCUT2D eigenvalue weighted by molar-refractivity contribution is 5.77. The molecule has 1 atom stereocenters. The summed E-state index contributed by atoms with van der Waals surface area (Å²) < 4.78 is 5.15. The van der Waals surface area contributed by atoms with Crippen molar-refractivity contribution in [3.63, 3.8) is 0 Å². The standard InChI is InChI=1S/C12H17NO4/c1-9(6-7-14)13-12(16)8-17-11-5-3-2-4-10(11)15/h2-5,9,14-15H,6-8H2,1H3,(H,13,16). The Labute approximate surface area is 100 Å². The van der Waals surface area contributed by atoms with Gasteiger partial charge in [-0.3, -0.25) is 4.79 Å². The summed E-state index contributed by atoms with van der Waals surface area (Å²) in [6.07, 6.45) is 0.502. The highest BCUT2D eigenvalue weighted by atomic mass is 16.5. The lowest BCUT2D eigenvalue weighted by molar-refractivity contribution is -0.123. The molecule has 0 radical (unpaired) electrons. The van der Waals surface area contributed by atoms with Crippen LogP contribution in [0.4, 0.5) is 0 Å². The zero-order valence-electron chi connectivity index (χ0n) is 9.72. The molecular formula is C12H17NO4. The van der Waals surface area contributed by atoms with Crippen molar-refractivity contribution in [2.75, 3.05) is 13.2 Å². The number of hydrogen-bond donors (Lipinski definition) is 3. The third-order valence-corrected chi connectivity index (χ3v) is 2.19. The summed E-state index contributed by atoms with van der Waals surface area (Å²) in [5.41, 5.74) is 0. The van der Waals surface area contributed by atoms with Crippen molar-refractivity contribution in [1.82, 2.24) is 5.32 Å². The minimum Gasteiger partial charge on any atom is -0.504 e. The zero-order valence-corrected chi connectivity index (χ0v) is 9.72. The molecule has 1 rings (SSSR count). The van der Waals surface area contributed by atoms with E-state index in [0.717, 1.165) is 0 Å². The molecule has 0 bridgehead atoms. The number of aliphatic hydroxyl groups excluding tert-OH is 1. The second kappa shape index (κ2) is 6.75. The van der Waals surface area contributed by atoms with E-state index in [4.69, 9.17) is 9.84 Å². The lowest BCUT2D eigenvalue weighted by Gasteiger charge is -2.13. The van der Waals surface area contributed by atoms with Crippen LogP contribution >= 0.6 is 0 Å². The Balaban J connectivity index is 2.36. The maximum atomic E-state index is 11.4. The smallest absolute Gasteiger partial charge is 0.258 e. The molecule has 0 spiro atoms. The molecule has 3 N–H and O–H groups in total. The summed E-state index contributed by atoms with van der Waals surface area (Å²) in [4.78, 5) is 11.4. The molecular weight excluding hydrogens is 222 g/mol. The zero-order chi connectivity index (χ0) is 12.7. The first-order valence-electron chi connectivity index (χ1n) is 5.44. The highest BCUT2D eigenvalue weighted by Gasteiger charge is 2.08. The molecule has 17 heavy (non-hydrogen) atoms. The summed E-state index contributed by atoms with van der Waals surface area (Å²) in [7, 11) is 0. The van der Waals surface area contributed by atoms with Crippen LogP contribution in [-0.2, 0) is 4.79 Å². The molecule has 5 nitrogen and oxygen atoms in total. The molecule has 0 saturated carbocycles. The molecule has 0 heterocycles. The Morgan fingerprint density at radius 1 is 1.47 bits per heavy atom. The summed E-state index contributed by atoms with van der Waals surface area (Å²) in [5.74, 6) is -0.00429. The first kappa shape index (κ1) is 13.3. The SMILES string of the molecule is CC(CCO)NC(=O)COc1ccccc1O. The van der Waals surface area contributed by atoms with E-state index in [-0.39, 0.29) is 36.7 Å². The number of nitrogens with one attached hydrogen (secondary N) is 1. The van der Waals surface area contributed by atoms with Gasteiger partial charge in [-0.05, 0) is 25.5 Å². The predicted octanol–water partition coefficient (Wildman–Crippen LogP) is 0.658. The maximum Gasteiger partial charge on any atom is 0.258 e. The number of rotatable bonds is 6. The molecule has 1 amide bonds. The molecule has 0 aliphatic heterocycles. The van der Waals surface area contributed by atoms with Crippen LogP contribution in [0.15, 0.2) is 24.3 Å². The van der Waals surface area contributed by atoms with Crippen molar-refractivity contribution in [2.45, 2.75) is 19.4 Å². The number of carbonyl (C=O) groups excluding carboxylic acids is 1. The van der Waals surface area contributed by atoms with Gasteiger partial charge in [0.15, 0.2) is 18.1 Å². The van der Waals surface area contributed by atoms with E-state index in [2.05, 4.69) is 5.32 Å². The van der Waals surface area contributed by atoms with Gasteiger partial charge in [0.1, 0.15) is 0 Å². The van der Waals surface area contributed by atoms with Crippen LogP contribution in [0, 0.1) is 0 Å². The molecule has 5 heteroatoms. The molecule has 1 aromatic carbocycles. The molecule has 94 valence electrons. The van der Waals surface area contributed by atoms with Gasteiger partial charge in [-0.15, -0.1) is 0 Å². The Hall–Kier alpha value is -1.75. The Morgan fingerprint density at radius 3 is 2.82 bits per heavy atom. The number of aromatic hydroxyl groups is 1. The monoisotopic (exact) mass is 239 g/mol. The summed E-state index contributed by atoms with van der Waals surface area (Å²) in [6.45, 7) is 1.67. The van der Waals surface area contributed by atoms with Crippen LogP contribution in [0.3, 0.4) is 0 Å². The third-order valence-electron chi connectivity index (χ3n) is 2.19. The van der Waals surface area contributed by atoms with Gasteiger partial charge in [0, 0.05) is 12.6 Å². The van der Waals surface area contributed by atoms with Crippen molar-refractivity contribution < 1.29 is 19.7 Å². The largest absolute Gasteiger partial charge is 0.504 e. The van der Waals surface area contributed by atoms with Crippen molar-refractivity contribution >= 4 is 5.91 Å². The van der Waals surface area contributed by atoms with Crippen LogP contribution < -0.4 is 10.1 Å². The quantitative estimate of drug-likeness (QED) is 0.681. The van der Waals surface area contributed by atoms with E-state index in [1.54, 1.807) is 25.1 Å². The van der Waals surface area contributed by atoms with Gasteiger partial charge in [-0.1, -0.05) is 12.1 Å². The molecule has 1 aromatic rings. The van der Waals surface area contributed by atoms with E-state index < -0.39 is 0 Å². The minimum atomic E-state index is -0.283. The number of aliphatic hydroxyl groups is 1. The molecule has 0 aliphatic rings. The van der Waals surface area contributed by atoms with E-state index in [1.165, 1.54) is 6.07 Å². The maximum absolute atomic E-state index is 11.4. The van der Waals surface area contributed by atoms with Gasteiger partial charge in [0.25, 0.3) is 5.91 Å². The van der Waals surface area contributed by atoms with Crippen molar-refractivity contribution in [3.05, 3.63) is 24.3 Å². The van der Waals surface area contributed by atoms with Gasteiger partial charge in [0.2, 0.25) is 0 Å². The molecule has 0 fully saturated rings. The lowest BCUT2D eigenvalue weighted by atomic mass is 10.2. The number of ether oxygens (including phenoxy) is 1. The van der Waals surface area contributed by atoms with E-state index in [9.17, 15) is 9.90 Å². The average molecular weight is 239 g/mol. The second-order valence-corrected chi connectivity index (χ2v) is 3.74. The highest BCUT2D eigenvalue weighted by Crippen LogP contribution is 2.23. The fourth-order valence-corrected chi connectivity index (χ4v) is 1.30. The van der Waals surface area contributed by atoms with Gasteiger partial charge < -0.3 is 20.3 Å². The molecule has 0 aromatic heterocycles. The van der Waals surface area contributed by atoms with E-state index in [1.807, 2.05) is 0 Å². The lowest BCUT2D eigenvalue weighted by Crippen LogP contribution is -2.36. The van der Waals surface area contributed by atoms with Crippen LogP contribution in [-0.4, -0.2) is 35.4 Å². The fourth-order valence-electron chi connectivity index (χ4n) is 1.30. The summed E-state index contributed by atoms with van der Waals surface area (Å²) >= 11 is 0. The van der Waals surface area contributed by atoms with E-state index in [0.29, 0.717) is 6.42 Å². The topological polar surface area (TPSA) is 78.8 Å². The van der Waals surface area contributed by atoms with Gasteiger partial charge in [-0.2, -0.15) is 0 Å². The summed E-state index contributed by atoms with van der Waals surface area (Å²) in [6, 6.07) is 6.36. The Morgan fingerprint density at radius 2 is 2.18 bits per heavy atom. The summed E-state index contributed by atoms with van der Waals surface area (Å²) in [5, 5.41) is 20.7. The normalized spacial score (nSPS) is 11.9. The second-order valence-electron chi connectivity index (χ2n) is 3.74.